The Labute approximate surface area is 79.0 Å². The van der Waals surface area contributed by atoms with Crippen molar-refractivity contribution in [3.63, 3.8) is 0 Å². The summed E-state index contributed by atoms with van der Waals surface area (Å²) in [5.74, 6) is 0. The normalized spacial score (nSPS) is 16.8. The average Bonchev–Trinajstić information content (AvgIpc) is 2.19. The maximum absolute atomic E-state index is 5.28. The zero-order valence-corrected chi connectivity index (χ0v) is 7.92. The molecule has 13 heavy (non-hydrogen) atoms. The summed E-state index contributed by atoms with van der Waals surface area (Å²) in [6.07, 6.45) is 3.22. The SMILES string of the molecule is Cc1cccc(C2=CCOCC2)c1. The summed E-state index contributed by atoms with van der Waals surface area (Å²) >= 11 is 0. The third-order valence-corrected chi connectivity index (χ3v) is 2.35. The highest BCUT2D eigenvalue weighted by atomic mass is 16.5. The van der Waals surface area contributed by atoms with E-state index in [0.717, 1.165) is 19.6 Å². The predicted octanol–water partition coefficient (Wildman–Crippen LogP) is 2.80. The Balaban J connectivity index is 2.29. The first-order chi connectivity index (χ1) is 6.36. The molecule has 0 aliphatic carbocycles. The van der Waals surface area contributed by atoms with Crippen LogP contribution in [0.15, 0.2) is 30.3 Å². The minimum atomic E-state index is 0.767. The molecule has 1 aromatic rings. The lowest BCUT2D eigenvalue weighted by molar-refractivity contribution is 0.161. The highest BCUT2D eigenvalue weighted by Crippen LogP contribution is 2.21. The average molecular weight is 174 g/mol. The van der Waals surface area contributed by atoms with Crippen LogP contribution in [0.25, 0.3) is 5.57 Å². The van der Waals surface area contributed by atoms with Crippen molar-refractivity contribution in [1.29, 1.82) is 0 Å². The summed E-state index contributed by atoms with van der Waals surface area (Å²) in [7, 11) is 0. The maximum Gasteiger partial charge on any atom is 0.0653 e. The van der Waals surface area contributed by atoms with Crippen LogP contribution in [0.3, 0.4) is 0 Å². The fraction of sp³-hybridized carbons (Fsp3) is 0.333. The van der Waals surface area contributed by atoms with E-state index in [-0.39, 0.29) is 0 Å². The molecule has 0 atom stereocenters. The van der Waals surface area contributed by atoms with E-state index in [4.69, 9.17) is 4.74 Å². The van der Waals surface area contributed by atoms with Crippen LogP contribution >= 0.6 is 0 Å². The molecule has 0 saturated carbocycles. The standard InChI is InChI=1S/C12H14O/c1-10-3-2-4-12(9-10)11-5-7-13-8-6-11/h2-5,9H,6-8H2,1H3. The lowest BCUT2D eigenvalue weighted by atomic mass is 10.0. The molecule has 1 heteroatoms. The van der Waals surface area contributed by atoms with E-state index in [1.165, 1.54) is 16.7 Å². The van der Waals surface area contributed by atoms with Gasteiger partial charge in [0.25, 0.3) is 0 Å². The van der Waals surface area contributed by atoms with Crippen molar-refractivity contribution in [2.24, 2.45) is 0 Å². The Bertz CT molecular complexity index is 326. The summed E-state index contributed by atoms with van der Waals surface area (Å²) in [5, 5.41) is 0. The third kappa shape index (κ3) is 1.99. The maximum atomic E-state index is 5.28. The lowest BCUT2D eigenvalue weighted by Gasteiger charge is -2.13. The molecular formula is C12H14O. The number of ether oxygens (including phenoxy) is 1. The first kappa shape index (κ1) is 8.52. The Morgan fingerprint density at radius 2 is 2.23 bits per heavy atom. The summed E-state index contributed by atoms with van der Waals surface area (Å²) < 4.78 is 5.28. The molecule has 0 fully saturated rings. The summed E-state index contributed by atoms with van der Waals surface area (Å²) in [6.45, 7) is 3.76. The second kappa shape index (κ2) is 3.75. The molecular weight excluding hydrogens is 160 g/mol. The first-order valence-electron chi connectivity index (χ1n) is 4.70. The van der Waals surface area contributed by atoms with Crippen molar-refractivity contribution in [2.75, 3.05) is 13.2 Å². The zero-order chi connectivity index (χ0) is 9.10. The van der Waals surface area contributed by atoms with Crippen LogP contribution in [0.1, 0.15) is 17.5 Å². The highest BCUT2D eigenvalue weighted by Gasteiger charge is 2.05. The number of hydrogen-bond donors (Lipinski definition) is 0. The predicted molar refractivity (Wildman–Crippen MR) is 54.6 cm³/mol. The monoisotopic (exact) mass is 174 g/mol. The van der Waals surface area contributed by atoms with E-state index >= 15 is 0 Å². The van der Waals surface area contributed by atoms with Gasteiger partial charge in [0, 0.05) is 0 Å². The van der Waals surface area contributed by atoms with Crippen molar-refractivity contribution in [1.82, 2.24) is 0 Å². The van der Waals surface area contributed by atoms with Crippen molar-refractivity contribution in [3.8, 4) is 0 Å². The summed E-state index contributed by atoms with van der Waals surface area (Å²) in [5.41, 5.74) is 4.10. The van der Waals surface area contributed by atoms with Crippen LogP contribution in [-0.4, -0.2) is 13.2 Å². The molecule has 1 aliphatic heterocycles. The molecule has 1 nitrogen and oxygen atoms in total. The Morgan fingerprint density at radius 1 is 1.31 bits per heavy atom. The summed E-state index contributed by atoms with van der Waals surface area (Å²) in [4.78, 5) is 0. The van der Waals surface area contributed by atoms with Gasteiger partial charge >= 0.3 is 0 Å². The van der Waals surface area contributed by atoms with Crippen molar-refractivity contribution < 1.29 is 4.74 Å². The first-order valence-corrected chi connectivity index (χ1v) is 4.70. The molecule has 1 aromatic carbocycles. The van der Waals surface area contributed by atoms with E-state index < -0.39 is 0 Å². The van der Waals surface area contributed by atoms with Crippen LogP contribution < -0.4 is 0 Å². The van der Waals surface area contributed by atoms with Gasteiger partial charge in [0.05, 0.1) is 13.2 Å². The molecule has 1 heterocycles. The van der Waals surface area contributed by atoms with E-state index in [2.05, 4.69) is 37.3 Å². The Hall–Kier alpha value is -1.08. The Morgan fingerprint density at radius 3 is 2.92 bits per heavy atom. The van der Waals surface area contributed by atoms with Gasteiger partial charge in [-0.15, -0.1) is 0 Å². The van der Waals surface area contributed by atoms with E-state index in [1.54, 1.807) is 0 Å². The molecule has 1 aliphatic rings. The summed E-state index contributed by atoms with van der Waals surface area (Å²) in [6, 6.07) is 8.64. The van der Waals surface area contributed by atoms with Gasteiger partial charge in [-0.3, -0.25) is 0 Å². The molecule has 0 amide bonds. The van der Waals surface area contributed by atoms with Gasteiger partial charge in [-0.25, -0.2) is 0 Å². The van der Waals surface area contributed by atoms with E-state index in [1.807, 2.05) is 0 Å². The number of benzene rings is 1. The van der Waals surface area contributed by atoms with Gasteiger partial charge in [0.2, 0.25) is 0 Å². The minimum absolute atomic E-state index is 0.767. The van der Waals surface area contributed by atoms with Gasteiger partial charge in [0.15, 0.2) is 0 Å². The van der Waals surface area contributed by atoms with Crippen LogP contribution in [0.4, 0.5) is 0 Å². The fourth-order valence-electron chi connectivity index (χ4n) is 1.63. The number of rotatable bonds is 1. The second-order valence-corrected chi connectivity index (χ2v) is 3.42. The largest absolute Gasteiger partial charge is 0.377 e. The molecule has 0 unspecified atom stereocenters. The number of hydrogen-bond acceptors (Lipinski definition) is 1. The molecule has 0 spiro atoms. The van der Waals surface area contributed by atoms with Gasteiger partial charge < -0.3 is 4.74 Å². The Kier molecular flexibility index (Phi) is 2.46. The fourth-order valence-corrected chi connectivity index (χ4v) is 1.63. The van der Waals surface area contributed by atoms with Crippen molar-refractivity contribution >= 4 is 5.57 Å². The molecule has 0 aromatic heterocycles. The van der Waals surface area contributed by atoms with Crippen LogP contribution in [0.5, 0.6) is 0 Å². The molecule has 0 bridgehead atoms. The molecule has 0 radical (unpaired) electrons. The molecule has 0 N–H and O–H groups in total. The topological polar surface area (TPSA) is 9.23 Å². The minimum Gasteiger partial charge on any atom is -0.377 e. The van der Waals surface area contributed by atoms with Gasteiger partial charge in [-0.2, -0.15) is 0 Å². The van der Waals surface area contributed by atoms with E-state index in [9.17, 15) is 0 Å². The second-order valence-electron chi connectivity index (χ2n) is 3.42. The molecule has 68 valence electrons. The van der Waals surface area contributed by atoms with E-state index in [0.29, 0.717) is 0 Å². The zero-order valence-electron chi connectivity index (χ0n) is 7.92. The van der Waals surface area contributed by atoms with Crippen LogP contribution in [-0.2, 0) is 4.74 Å². The van der Waals surface area contributed by atoms with Crippen molar-refractivity contribution in [3.05, 3.63) is 41.5 Å². The van der Waals surface area contributed by atoms with Gasteiger partial charge in [-0.05, 0) is 24.5 Å². The van der Waals surface area contributed by atoms with Crippen molar-refractivity contribution in [2.45, 2.75) is 13.3 Å². The number of aryl methyl sites for hydroxylation is 1. The van der Waals surface area contributed by atoms with Gasteiger partial charge in [-0.1, -0.05) is 35.9 Å². The van der Waals surface area contributed by atoms with Gasteiger partial charge in [0.1, 0.15) is 0 Å². The van der Waals surface area contributed by atoms with Crippen LogP contribution in [0.2, 0.25) is 0 Å². The smallest absolute Gasteiger partial charge is 0.0653 e. The molecule has 2 rings (SSSR count). The lowest BCUT2D eigenvalue weighted by Crippen LogP contribution is -2.03. The highest BCUT2D eigenvalue weighted by molar-refractivity contribution is 5.66. The molecule has 0 saturated heterocycles. The quantitative estimate of drug-likeness (QED) is 0.636. The third-order valence-electron chi connectivity index (χ3n) is 2.35. The van der Waals surface area contributed by atoms with Crippen LogP contribution in [0, 0.1) is 6.92 Å².